The van der Waals surface area contributed by atoms with Gasteiger partial charge in [-0.1, -0.05) is 6.08 Å². The number of hydrogen-bond acceptors (Lipinski definition) is 5. The molecule has 0 fully saturated rings. The average Bonchev–Trinajstić information content (AvgIpc) is 2.54. The molecule has 0 saturated carbocycles. The molecule has 0 aromatic heterocycles. The van der Waals surface area contributed by atoms with Crippen LogP contribution in [-0.4, -0.2) is 48.9 Å². The van der Waals surface area contributed by atoms with E-state index in [-0.39, 0.29) is 6.54 Å². The zero-order valence-electron chi connectivity index (χ0n) is 15.7. The second-order valence-electron chi connectivity index (χ2n) is 6.38. The first-order chi connectivity index (χ1) is 12.2. The van der Waals surface area contributed by atoms with Gasteiger partial charge in [0.1, 0.15) is 18.0 Å². The van der Waals surface area contributed by atoms with Crippen molar-refractivity contribution < 1.29 is 23.8 Å². The molecule has 26 heavy (non-hydrogen) atoms. The number of hydrogen-bond donors (Lipinski definition) is 0. The van der Waals surface area contributed by atoms with Crippen molar-refractivity contribution in [2.75, 3.05) is 26.3 Å². The van der Waals surface area contributed by atoms with E-state index >= 15 is 0 Å². The summed E-state index contributed by atoms with van der Waals surface area (Å²) in [5, 5.41) is 0. The minimum Gasteiger partial charge on any atom is -0.492 e. The van der Waals surface area contributed by atoms with Gasteiger partial charge < -0.3 is 19.1 Å². The van der Waals surface area contributed by atoms with Gasteiger partial charge in [-0.05, 0) is 74.6 Å². The fourth-order valence-electron chi connectivity index (χ4n) is 1.85. The van der Waals surface area contributed by atoms with Crippen molar-refractivity contribution in [1.82, 2.24) is 4.90 Å². The van der Waals surface area contributed by atoms with Gasteiger partial charge >= 0.3 is 12.1 Å². The molecule has 0 radical (unpaired) electrons. The van der Waals surface area contributed by atoms with E-state index in [1.807, 2.05) is 24.3 Å². The number of rotatable bonds is 8. The molecule has 1 aromatic carbocycles. The lowest BCUT2D eigenvalue weighted by molar-refractivity contribution is -0.137. The topological polar surface area (TPSA) is 65.1 Å². The van der Waals surface area contributed by atoms with Crippen LogP contribution in [0.4, 0.5) is 4.79 Å². The summed E-state index contributed by atoms with van der Waals surface area (Å²) in [6.07, 6.45) is 2.42. The molecule has 0 aliphatic heterocycles. The summed E-state index contributed by atoms with van der Waals surface area (Å²) in [6, 6.07) is 7.65. The van der Waals surface area contributed by atoms with Crippen LogP contribution in [0.3, 0.4) is 0 Å². The minimum absolute atomic E-state index is 0.226. The van der Waals surface area contributed by atoms with Gasteiger partial charge in [0.2, 0.25) is 0 Å². The molecule has 1 amide bonds. The second kappa shape index (κ2) is 11.1. The van der Waals surface area contributed by atoms with Crippen molar-refractivity contribution in [1.29, 1.82) is 0 Å². The molecule has 0 aliphatic carbocycles. The van der Waals surface area contributed by atoms with E-state index in [9.17, 15) is 9.59 Å². The van der Waals surface area contributed by atoms with Crippen LogP contribution in [-0.2, 0) is 14.3 Å². The summed E-state index contributed by atoms with van der Waals surface area (Å²) in [5.74, 6) is 0.295. The number of esters is 1. The molecule has 0 heterocycles. The monoisotopic (exact) mass is 475 g/mol. The molecule has 1 aromatic rings. The van der Waals surface area contributed by atoms with Gasteiger partial charge in [0, 0.05) is 16.2 Å². The Bertz CT molecular complexity index is 607. The number of ether oxygens (including phenoxy) is 3. The molecule has 1 rings (SSSR count). The summed E-state index contributed by atoms with van der Waals surface area (Å²) < 4.78 is 17.0. The molecular formula is C19H26INO5. The van der Waals surface area contributed by atoms with Gasteiger partial charge in [-0.15, -0.1) is 0 Å². The molecule has 7 heteroatoms. The van der Waals surface area contributed by atoms with E-state index in [1.165, 1.54) is 11.0 Å². The highest BCUT2D eigenvalue weighted by Crippen LogP contribution is 2.14. The number of benzene rings is 1. The molecule has 0 N–H and O–H groups in total. The highest BCUT2D eigenvalue weighted by Gasteiger charge is 2.21. The number of halogens is 1. The van der Waals surface area contributed by atoms with Crippen LogP contribution in [0.2, 0.25) is 0 Å². The van der Waals surface area contributed by atoms with E-state index in [0.717, 1.165) is 9.32 Å². The van der Waals surface area contributed by atoms with Crippen LogP contribution >= 0.6 is 22.6 Å². The van der Waals surface area contributed by atoms with E-state index in [4.69, 9.17) is 14.2 Å². The van der Waals surface area contributed by atoms with Gasteiger partial charge in [-0.2, -0.15) is 0 Å². The lowest BCUT2D eigenvalue weighted by atomic mass is 10.2. The Morgan fingerprint density at radius 1 is 1.19 bits per heavy atom. The molecule has 144 valence electrons. The van der Waals surface area contributed by atoms with E-state index in [0.29, 0.717) is 19.8 Å². The SMILES string of the molecule is CCOC(=O)/C=C/CN(CCOc1ccc(I)cc1)C(=O)OC(C)(C)C. The van der Waals surface area contributed by atoms with Crippen molar-refractivity contribution in [3.63, 3.8) is 0 Å². The molecular weight excluding hydrogens is 449 g/mol. The fraction of sp³-hybridized carbons (Fsp3) is 0.474. The molecule has 6 nitrogen and oxygen atoms in total. The van der Waals surface area contributed by atoms with Crippen LogP contribution in [0.5, 0.6) is 5.75 Å². The first-order valence-corrected chi connectivity index (χ1v) is 9.48. The largest absolute Gasteiger partial charge is 0.492 e. The van der Waals surface area contributed by atoms with Crippen LogP contribution < -0.4 is 4.74 Å². The zero-order valence-corrected chi connectivity index (χ0v) is 17.8. The third-order valence-electron chi connectivity index (χ3n) is 2.96. The lowest BCUT2D eigenvalue weighted by Gasteiger charge is -2.26. The van der Waals surface area contributed by atoms with Crippen molar-refractivity contribution in [3.8, 4) is 5.75 Å². The van der Waals surface area contributed by atoms with Gasteiger partial charge in [0.25, 0.3) is 0 Å². The Morgan fingerprint density at radius 2 is 1.85 bits per heavy atom. The Kier molecular flexibility index (Phi) is 9.47. The normalized spacial score (nSPS) is 11.3. The average molecular weight is 475 g/mol. The van der Waals surface area contributed by atoms with Gasteiger partial charge in [-0.3, -0.25) is 0 Å². The highest BCUT2D eigenvalue weighted by atomic mass is 127. The van der Waals surface area contributed by atoms with Crippen LogP contribution in [0.15, 0.2) is 36.4 Å². The Morgan fingerprint density at radius 3 is 2.42 bits per heavy atom. The maximum absolute atomic E-state index is 12.3. The van der Waals surface area contributed by atoms with Crippen molar-refractivity contribution in [2.45, 2.75) is 33.3 Å². The summed E-state index contributed by atoms with van der Waals surface area (Å²) in [7, 11) is 0. The van der Waals surface area contributed by atoms with Gasteiger partial charge in [0.05, 0.1) is 13.2 Å². The van der Waals surface area contributed by atoms with E-state index < -0.39 is 17.7 Å². The number of carbonyl (C=O) groups is 2. The number of nitrogens with zero attached hydrogens (tertiary/aromatic N) is 1. The fourth-order valence-corrected chi connectivity index (χ4v) is 2.21. The van der Waals surface area contributed by atoms with Crippen LogP contribution in [0.1, 0.15) is 27.7 Å². The number of amides is 1. The number of carbonyl (C=O) groups excluding carboxylic acids is 2. The predicted octanol–water partition coefficient (Wildman–Crippen LogP) is 4.03. The third kappa shape index (κ3) is 9.65. The molecule has 0 atom stereocenters. The van der Waals surface area contributed by atoms with Crippen LogP contribution in [0.25, 0.3) is 0 Å². The minimum atomic E-state index is -0.600. The summed E-state index contributed by atoms with van der Waals surface area (Å²) in [6.45, 7) is 8.33. The van der Waals surface area contributed by atoms with Crippen molar-refractivity contribution in [2.24, 2.45) is 0 Å². The van der Waals surface area contributed by atoms with E-state index in [2.05, 4.69) is 22.6 Å². The smallest absolute Gasteiger partial charge is 0.410 e. The predicted molar refractivity (Wildman–Crippen MR) is 108 cm³/mol. The third-order valence-corrected chi connectivity index (χ3v) is 3.68. The molecule has 0 unspecified atom stereocenters. The molecule has 0 spiro atoms. The zero-order chi connectivity index (χ0) is 19.6. The van der Waals surface area contributed by atoms with Crippen LogP contribution in [0, 0.1) is 3.57 Å². The quantitative estimate of drug-likeness (QED) is 0.323. The van der Waals surface area contributed by atoms with Gasteiger partial charge in [0.15, 0.2) is 0 Å². The highest BCUT2D eigenvalue weighted by molar-refractivity contribution is 14.1. The maximum Gasteiger partial charge on any atom is 0.410 e. The summed E-state index contributed by atoms with van der Waals surface area (Å²) in [4.78, 5) is 25.2. The molecule has 0 bridgehead atoms. The summed E-state index contributed by atoms with van der Waals surface area (Å²) in [5.41, 5.74) is -0.600. The molecule has 0 aliphatic rings. The molecule has 0 saturated heterocycles. The van der Waals surface area contributed by atoms with E-state index in [1.54, 1.807) is 33.8 Å². The summed E-state index contributed by atoms with van der Waals surface area (Å²) >= 11 is 2.22. The van der Waals surface area contributed by atoms with Crippen molar-refractivity contribution >= 4 is 34.7 Å². The van der Waals surface area contributed by atoms with Gasteiger partial charge in [-0.25, -0.2) is 9.59 Å². The first-order valence-electron chi connectivity index (χ1n) is 8.41. The Labute approximate surface area is 168 Å². The first kappa shape index (κ1) is 22.3. The Balaban J connectivity index is 2.62. The lowest BCUT2D eigenvalue weighted by Crippen LogP contribution is -2.39. The Hall–Kier alpha value is -1.77. The maximum atomic E-state index is 12.3. The standard InChI is InChI=1S/C19H26INO5/c1-5-24-17(22)7-6-12-21(18(23)26-19(2,3)4)13-14-25-16-10-8-15(20)9-11-16/h6-11H,5,12-14H2,1-4H3/b7-6+. The van der Waals surface area contributed by atoms with Crippen molar-refractivity contribution in [3.05, 3.63) is 40.0 Å². The second-order valence-corrected chi connectivity index (χ2v) is 7.63.